The van der Waals surface area contributed by atoms with Crippen molar-refractivity contribution in [1.82, 2.24) is 10.3 Å². The van der Waals surface area contributed by atoms with Gasteiger partial charge in [-0.05, 0) is 25.0 Å². The third-order valence-corrected chi connectivity index (χ3v) is 4.09. The van der Waals surface area contributed by atoms with Gasteiger partial charge in [-0.25, -0.2) is 4.98 Å². The van der Waals surface area contributed by atoms with Gasteiger partial charge in [-0.15, -0.1) is 11.3 Å². The summed E-state index contributed by atoms with van der Waals surface area (Å²) in [6.45, 7) is 2.88. The average molecular weight is 301 g/mol. The molecule has 18 heavy (non-hydrogen) atoms. The number of thiazole rings is 1. The standard InChI is InChI=1S/C13H14Cl2N2S/c1-9(6-10-4-2-3-5-11(10)14)16-8-13-17-7-12(15)18-13/h2-5,7,9,16H,6,8H2,1H3. The molecule has 0 aliphatic rings. The molecule has 0 spiro atoms. The predicted molar refractivity (Wildman–Crippen MR) is 78.6 cm³/mol. The minimum absolute atomic E-state index is 0.340. The zero-order valence-electron chi connectivity index (χ0n) is 9.99. The summed E-state index contributed by atoms with van der Waals surface area (Å²) in [6.07, 6.45) is 2.58. The second-order valence-electron chi connectivity index (χ2n) is 4.14. The third-order valence-electron chi connectivity index (χ3n) is 2.61. The maximum absolute atomic E-state index is 6.13. The first-order valence-corrected chi connectivity index (χ1v) is 7.29. The lowest BCUT2D eigenvalue weighted by Gasteiger charge is -2.13. The Balaban J connectivity index is 1.85. The van der Waals surface area contributed by atoms with Crippen LogP contribution >= 0.6 is 34.5 Å². The Kier molecular flexibility index (Phi) is 5.01. The first-order valence-electron chi connectivity index (χ1n) is 5.72. The van der Waals surface area contributed by atoms with Crippen LogP contribution in [0, 0.1) is 0 Å². The number of aromatic nitrogens is 1. The van der Waals surface area contributed by atoms with Gasteiger partial charge in [0.1, 0.15) is 9.34 Å². The molecular weight excluding hydrogens is 287 g/mol. The van der Waals surface area contributed by atoms with Crippen molar-refractivity contribution in [2.45, 2.75) is 25.9 Å². The van der Waals surface area contributed by atoms with E-state index in [0.29, 0.717) is 6.04 Å². The maximum atomic E-state index is 6.13. The topological polar surface area (TPSA) is 24.9 Å². The SMILES string of the molecule is CC(Cc1ccccc1Cl)NCc1ncc(Cl)s1. The van der Waals surface area contributed by atoms with Crippen molar-refractivity contribution in [3.8, 4) is 0 Å². The summed E-state index contributed by atoms with van der Waals surface area (Å²) >= 11 is 13.5. The van der Waals surface area contributed by atoms with Gasteiger partial charge >= 0.3 is 0 Å². The Bertz CT molecular complexity index is 513. The molecule has 1 N–H and O–H groups in total. The Hall–Kier alpha value is -0.610. The molecule has 0 aliphatic heterocycles. The summed E-state index contributed by atoms with van der Waals surface area (Å²) in [7, 11) is 0. The normalized spacial score (nSPS) is 12.6. The summed E-state index contributed by atoms with van der Waals surface area (Å²) in [5.41, 5.74) is 1.16. The molecule has 1 unspecified atom stereocenters. The molecule has 1 aromatic carbocycles. The first-order chi connectivity index (χ1) is 8.65. The van der Waals surface area contributed by atoms with Crippen molar-refractivity contribution in [1.29, 1.82) is 0 Å². The van der Waals surface area contributed by atoms with Gasteiger partial charge in [-0.3, -0.25) is 0 Å². The molecule has 0 radical (unpaired) electrons. The van der Waals surface area contributed by atoms with Crippen molar-refractivity contribution in [2.24, 2.45) is 0 Å². The van der Waals surface area contributed by atoms with Crippen LogP contribution < -0.4 is 5.32 Å². The summed E-state index contributed by atoms with van der Waals surface area (Å²) in [4.78, 5) is 4.21. The van der Waals surface area contributed by atoms with Crippen LogP contribution in [0.1, 0.15) is 17.5 Å². The quantitative estimate of drug-likeness (QED) is 0.896. The first kappa shape index (κ1) is 13.8. The van der Waals surface area contributed by atoms with E-state index in [1.54, 1.807) is 6.20 Å². The number of nitrogens with zero attached hydrogens (tertiary/aromatic N) is 1. The highest BCUT2D eigenvalue weighted by Crippen LogP contribution is 2.19. The Labute approximate surface area is 121 Å². The van der Waals surface area contributed by atoms with Crippen LogP contribution in [0.25, 0.3) is 0 Å². The molecule has 2 rings (SSSR count). The van der Waals surface area contributed by atoms with Crippen LogP contribution in [0.4, 0.5) is 0 Å². The van der Waals surface area contributed by atoms with Crippen LogP contribution in [0.3, 0.4) is 0 Å². The molecular formula is C13H14Cl2N2S. The second kappa shape index (κ2) is 6.53. The van der Waals surface area contributed by atoms with Crippen molar-refractivity contribution in [2.75, 3.05) is 0 Å². The lowest BCUT2D eigenvalue weighted by molar-refractivity contribution is 0.544. The van der Waals surface area contributed by atoms with Crippen LogP contribution in [0.15, 0.2) is 30.5 Å². The molecule has 5 heteroatoms. The van der Waals surface area contributed by atoms with Gasteiger partial charge in [0, 0.05) is 17.6 Å². The molecule has 1 aromatic heterocycles. The second-order valence-corrected chi connectivity index (χ2v) is 6.29. The van der Waals surface area contributed by atoms with Gasteiger partial charge in [0.05, 0.1) is 6.20 Å². The number of halogens is 2. The Morgan fingerprint density at radius 3 is 2.78 bits per heavy atom. The molecule has 2 nitrogen and oxygen atoms in total. The van der Waals surface area contributed by atoms with Crippen LogP contribution in [0.5, 0.6) is 0 Å². The fraction of sp³-hybridized carbons (Fsp3) is 0.308. The molecule has 0 saturated carbocycles. The van der Waals surface area contributed by atoms with Crippen molar-refractivity contribution in [3.05, 3.63) is 50.4 Å². The highest BCUT2D eigenvalue weighted by molar-refractivity contribution is 7.15. The summed E-state index contributed by atoms with van der Waals surface area (Å²) in [6, 6.07) is 8.27. The average Bonchev–Trinajstić information content (AvgIpc) is 2.76. The number of hydrogen-bond acceptors (Lipinski definition) is 3. The molecule has 0 fully saturated rings. The monoisotopic (exact) mass is 300 g/mol. The zero-order valence-corrected chi connectivity index (χ0v) is 12.3. The number of nitrogens with one attached hydrogen (secondary N) is 1. The van der Waals surface area contributed by atoms with Gasteiger partial charge in [-0.1, -0.05) is 41.4 Å². The van der Waals surface area contributed by atoms with Crippen LogP contribution in [0.2, 0.25) is 9.36 Å². The fourth-order valence-corrected chi connectivity index (χ4v) is 2.82. The molecule has 1 atom stereocenters. The fourth-order valence-electron chi connectivity index (χ4n) is 1.70. The van der Waals surface area contributed by atoms with Gasteiger partial charge in [-0.2, -0.15) is 0 Å². The summed E-state index contributed by atoms with van der Waals surface area (Å²) < 4.78 is 0.727. The molecule has 96 valence electrons. The van der Waals surface area contributed by atoms with Crippen molar-refractivity contribution < 1.29 is 0 Å². The molecule has 0 aliphatic carbocycles. The molecule has 2 aromatic rings. The minimum Gasteiger partial charge on any atom is -0.308 e. The zero-order chi connectivity index (χ0) is 13.0. The summed E-state index contributed by atoms with van der Waals surface area (Å²) in [5, 5.41) is 5.25. The van der Waals surface area contributed by atoms with Crippen LogP contribution in [-0.4, -0.2) is 11.0 Å². The van der Waals surface area contributed by atoms with Gasteiger partial charge in [0.15, 0.2) is 0 Å². The van der Waals surface area contributed by atoms with E-state index in [4.69, 9.17) is 23.2 Å². The number of benzene rings is 1. The number of hydrogen-bond donors (Lipinski definition) is 1. The Morgan fingerprint density at radius 1 is 1.33 bits per heavy atom. The van der Waals surface area contributed by atoms with E-state index in [1.807, 2.05) is 18.2 Å². The Morgan fingerprint density at radius 2 is 2.11 bits per heavy atom. The highest BCUT2D eigenvalue weighted by atomic mass is 35.5. The smallest absolute Gasteiger partial charge is 0.113 e. The molecule has 1 heterocycles. The third kappa shape index (κ3) is 3.95. The van der Waals surface area contributed by atoms with E-state index in [0.717, 1.165) is 32.9 Å². The van der Waals surface area contributed by atoms with Gasteiger partial charge < -0.3 is 5.32 Å². The highest BCUT2D eigenvalue weighted by Gasteiger charge is 2.07. The lowest BCUT2D eigenvalue weighted by atomic mass is 10.1. The van der Waals surface area contributed by atoms with E-state index < -0.39 is 0 Å². The maximum Gasteiger partial charge on any atom is 0.113 e. The van der Waals surface area contributed by atoms with Crippen molar-refractivity contribution in [3.63, 3.8) is 0 Å². The van der Waals surface area contributed by atoms with E-state index in [1.165, 1.54) is 11.3 Å². The van der Waals surface area contributed by atoms with Gasteiger partial charge in [0.2, 0.25) is 0 Å². The molecule has 0 amide bonds. The van der Waals surface area contributed by atoms with Gasteiger partial charge in [0.25, 0.3) is 0 Å². The molecule has 0 bridgehead atoms. The summed E-state index contributed by atoms with van der Waals surface area (Å²) in [5.74, 6) is 0. The molecule has 0 saturated heterocycles. The van der Waals surface area contributed by atoms with Crippen LogP contribution in [-0.2, 0) is 13.0 Å². The van der Waals surface area contributed by atoms with E-state index in [2.05, 4.69) is 23.3 Å². The minimum atomic E-state index is 0.340. The van der Waals surface area contributed by atoms with E-state index >= 15 is 0 Å². The largest absolute Gasteiger partial charge is 0.308 e. The van der Waals surface area contributed by atoms with E-state index in [9.17, 15) is 0 Å². The van der Waals surface area contributed by atoms with Crippen molar-refractivity contribution >= 4 is 34.5 Å². The lowest BCUT2D eigenvalue weighted by Crippen LogP contribution is -2.27. The predicted octanol–water partition coefficient (Wildman–Crippen LogP) is 4.17. The number of rotatable bonds is 5. The van der Waals surface area contributed by atoms with E-state index in [-0.39, 0.29) is 0 Å².